The summed E-state index contributed by atoms with van der Waals surface area (Å²) in [6, 6.07) is 11.0. The fourth-order valence-corrected chi connectivity index (χ4v) is 2.76. The van der Waals surface area contributed by atoms with Crippen LogP contribution < -0.4 is 5.32 Å². The number of hydrogen-bond donors (Lipinski definition) is 2. The molecule has 1 aromatic rings. The van der Waals surface area contributed by atoms with Gasteiger partial charge in [0.2, 0.25) is 0 Å². The second-order valence-electron chi connectivity index (χ2n) is 4.60. The van der Waals surface area contributed by atoms with E-state index in [1.165, 1.54) is 12.0 Å². The molecule has 0 aromatic heterocycles. The lowest BCUT2D eigenvalue weighted by atomic mass is 10.0. The van der Waals surface area contributed by atoms with Crippen molar-refractivity contribution >= 4 is 0 Å². The maximum absolute atomic E-state index is 9.29. The molecule has 1 aliphatic carbocycles. The molecule has 2 N–H and O–H groups in total. The Hall–Kier alpha value is -0.860. The monoisotopic (exact) mass is 189 g/mol. The Balaban J connectivity index is 1.84. The van der Waals surface area contributed by atoms with E-state index in [0.29, 0.717) is 18.6 Å². The van der Waals surface area contributed by atoms with Gasteiger partial charge >= 0.3 is 0 Å². The van der Waals surface area contributed by atoms with Crippen LogP contribution in [0.1, 0.15) is 18.0 Å². The molecule has 1 saturated heterocycles. The minimum Gasteiger partial charge on any atom is -0.396 e. The summed E-state index contributed by atoms with van der Waals surface area (Å²) in [6.45, 7) is 1.32. The smallest absolute Gasteiger partial charge is 0.0503 e. The van der Waals surface area contributed by atoms with Gasteiger partial charge < -0.3 is 10.4 Å². The molecule has 1 unspecified atom stereocenters. The first kappa shape index (κ1) is 8.45. The number of fused-ring (bicyclic) bond motifs is 1. The van der Waals surface area contributed by atoms with Crippen LogP contribution in [0.25, 0.3) is 0 Å². The van der Waals surface area contributed by atoms with Crippen LogP contribution in [0.5, 0.6) is 0 Å². The van der Waals surface area contributed by atoms with Crippen LogP contribution >= 0.6 is 0 Å². The largest absolute Gasteiger partial charge is 0.396 e. The maximum Gasteiger partial charge on any atom is 0.0503 e. The molecule has 1 heterocycles. The molecule has 1 aromatic carbocycles. The first-order chi connectivity index (χ1) is 6.86. The van der Waals surface area contributed by atoms with Crippen LogP contribution in [-0.4, -0.2) is 18.3 Å². The van der Waals surface area contributed by atoms with E-state index in [0.717, 1.165) is 6.54 Å². The molecule has 2 aliphatic rings. The van der Waals surface area contributed by atoms with Crippen LogP contribution in [-0.2, 0) is 0 Å². The van der Waals surface area contributed by atoms with Crippen molar-refractivity contribution in [1.29, 1.82) is 0 Å². The topological polar surface area (TPSA) is 32.3 Å². The SMILES string of the molecule is OC[C@]12CN[C@H](c3ccccc3)C1C2. The van der Waals surface area contributed by atoms with Crippen molar-refractivity contribution < 1.29 is 5.11 Å². The van der Waals surface area contributed by atoms with Gasteiger partial charge in [0.05, 0.1) is 6.61 Å². The predicted molar refractivity (Wildman–Crippen MR) is 54.8 cm³/mol. The average Bonchev–Trinajstić information content (AvgIpc) is 2.87. The Morgan fingerprint density at radius 1 is 1.36 bits per heavy atom. The van der Waals surface area contributed by atoms with E-state index in [2.05, 4.69) is 29.6 Å². The molecule has 3 atom stereocenters. The van der Waals surface area contributed by atoms with Crippen molar-refractivity contribution in [3.8, 4) is 0 Å². The van der Waals surface area contributed by atoms with Crippen LogP contribution in [0, 0.1) is 11.3 Å². The first-order valence-corrected chi connectivity index (χ1v) is 5.25. The van der Waals surface area contributed by atoms with E-state index in [4.69, 9.17) is 0 Å². The normalized spacial score (nSPS) is 39.5. The highest BCUT2D eigenvalue weighted by molar-refractivity contribution is 5.27. The summed E-state index contributed by atoms with van der Waals surface area (Å²) < 4.78 is 0. The van der Waals surface area contributed by atoms with Gasteiger partial charge in [-0.25, -0.2) is 0 Å². The number of nitrogens with one attached hydrogen (secondary N) is 1. The molecule has 0 radical (unpaired) electrons. The minimum absolute atomic E-state index is 0.223. The van der Waals surface area contributed by atoms with E-state index in [9.17, 15) is 5.11 Å². The van der Waals surface area contributed by atoms with E-state index >= 15 is 0 Å². The molecule has 14 heavy (non-hydrogen) atoms. The fraction of sp³-hybridized carbons (Fsp3) is 0.500. The van der Waals surface area contributed by atoms with Crippen LogP contribution in [0.4, 0.5) is 0 Å². The number of aliphatic hydroxyl groups is 1. The maximum atomic E-state index is 9.29. The van der Waals surface area contributed by atoms with Gasteiger partial charge in [-0.1, -0.05) is 30.3 Å². The standard InChI is InChI=1S/C12H15NO/c14-8-12-6-10(12)11(13-7-12)9-4-2-1-3-5-9/h1-5,10-11,13-14H,6-8H2/t10?,11-,12+/m1/s1. The Morgan fingerprint density at radius 3 is 2.71 bits per heavy atom. The van der Waals surface area contributed by atoms with Gasteiger partial charge in [0.1, 0.15) is 0 Å². The lowest BCUT2D eigenvalue weighted by Gasteiger charge is -2.12. The van der Waals surface area contributed by atoms with Crippen molar-refractivity contribution in [3.05, 3.63) is 35.9 Å². The highest BCUT2D eigenvalue weighted by Crippen LogP contribution is 2.61. The van der Waals surface area contributed by atoms with Crippen LogP contribution in [0.15, 0.2) is 30.3 Å². The molecule has 74 valence electrons. The molecule has 3 rings (SSSR count). The molecule has 1 aliphatic heterocycles. The van der Waals surface area contributed by atoms with Crippen molar-refractivity contribution in [2.75, 3.05) is 13.2 Å². The molecule has 0 bridgehead atoms. The predicted octanol–water partition coefficient (Wildman–Crippen LogP) is 1.33. The Labute approximate surface area is 84.0 Å². The van der Waals surface area contributed by atoms with Gasteiger partial charge in [-0.15, -0.1) is 0 Å². The molecule has 0 amide bonds. The fourth-order valence-electron chi connectivity index (χ4n) is 2.76. The zero-order valence-electron chi connectivity index (χ0n) is 8.11. The van der Waals surface area contributed by atoms with Gasteiger partial charge in [-0.3, -0.25) is 0 Å². The highest BCUT2D eigenvalue weighted by Gasteiger charge is 2.61. The third-order valence-corrected chi connectivity index (χ3v) is 3.80. The summed E-state index contributed by atoms with van der Waals surface area (Å²) in [5.41, 5.74) is 1.59. The third-order valence-electron chi connectivity index (χ3n) is 3.80. The Morgan fingerprint density at radius 2 is 2.14 bits per heavy atom. The number of rotatable bonds is 2. The van der Waals surface area contributed by atoms with Gasteiger partial charge in [-0.2, -0.15) is 0 Å². The van der Waals surface area contributed by atoms with Gasteiger partial charge in [0, 0.05) is 18.0 Å². The highest BCUT2D eigenvalue weighted by atomic mass is 16.3. The Kier molecular flexibility index (Phi) is 1.70. The summed E-state index contributed by atoms with van der Waals surface area (Å²) in [4.78, 5) is 0. The number of hydrogen-bond acceptors (Lipinski definition) is 2. The third kappa shape index (κ3) is 1.04. The van der Waals surface area contributed by atoms with E-state index in [1.54, 1.807) is 0 Å². The summed E-state index contributed by atoms with van der Waals surface area (Å²) in [5.74, 6) is 0.662. The van der Waals surface area contributed by atoms with Crippen molar-refractivity contribution in [3.63, 3.8) is 0 Å². The van der Waals surface area contributed by atoms with Gasteiger partial charge in [0.15, 0.2) is 0 Å². The van der Waals surface area contributed by atoms with Crippen molar-refractivity contribution in [2.24, 2.45) is 11.3 Å². The number of benzene rings is 1. The number of piperidine rings is 1. The summed E-state index contributed by atoms with van der Waals surface area (Å²) >= 11 is 0. The van der Waals surface area contributed by atoms with Gasteiger partial charge in [-0.05, 0) is 17.9 Å². The van der Waals surface area contributed by atoms with Crippen molar-refractivity contribution in [2.45, 2.75) is 12.5 Å². The summed E-state index contributed by atoms with van der Waals surface area (Å²) in [7, 11) is 0. The quantitative estimate of drug-likeness (QED) is 0.735. The second kappa shape index (κ2) is 2.81. The minimum atomic E-state index is 0.223. The molecule has 1 saturated carbocycles. The van der Waals surface area contributed by atoms with Gasteiger partial charge in [0.25, 0.3) is 0 Å². The van der Waals surface area contributed by atoms with Crippen molar-refractivity contribution in [1.82, 2.24) is 5.32 Å². The first-order valence-electron chi connectivity index (χ1n) is 5.25. The zero-order chi connectivity index (χ0) is 9.60. The second-order valence-corrected chi connectivity index (χ2v) is 4.60. The van der Waals surface area contributed by atoms with Crippen LogP contribution in [0.2, 0.25) is 0 Å². The molecule has 2 fully saturated rings. The van der Waals surface area contributed by atoms with Crippen LogP contribution in [0.3, 0.4) is 0 Å². The lowest BCUT2D eigenvalue weighted by molar-refractivity contribution is 0.214. The zero-order valence-corrected chi connectivity index (χ0v) is 8.11. The Bertz CT molecular complexity index is 337. The molecular formula is C12H15NO. The average molecular weight is 189 g/mol. The van der Waals surface area contributed by atoms with E-state index < -0.39 is 0 Å². The summed E-state index contributed by atoms with van der Waals surface area (Å²) in [6.07, 6.45) is 1.19. The van der Waals surface area contributed by atoms with E-state index in [-0.39, 0.29) is 5.41 Å². The lowest BCUT2D eigenvalue weighted by Crippen LogP contribution is -2.21. The summed E-state index contributed by atoms with van der Waals surface area (Å²) in [5, 5.41) is 12.8. The van der Waals surface area contributed by atoms with E-state index in [1.807, 2.05) is 6.07 Å². The molecule has 0 spiro atoms. The molecule has 2 nitrogen and oxygen atoms in total. The molecular weight excluding hydrogens is 174 g/mol. The molecule has 2 heteroatoms. The number of aliphatic hydroxyl groups excluding tert-OH is 1.